The Kier molecular flexibility index (Phi) is 4.10. The van der Waals surface area contributed by atoms with E-state index >= 15 is 0 Å². The molecule has 0 N–H and O–H groups in total. The van der Waals surface area contributed by atoms with E-state index in [9.17, 15) is 4.21 Å². The fraction of sp³-hybridized carbons (Fsp3) is 0.368. The molecule has 7 nitrogen and oxygen atoms in total. The number of hydrogen-bond acceptors (Lipinski definition) is 5. The van der Waals surface area contributed by atoms with Crippen molar-refractivity contribution in [2.24, 2.45) is 0 Å². The van der Waals surface area contributed by atoms with Crippen LogP contribution in [0.15, 0.2) is 17.3 Å². The van der Waals surface area contributed by atoms with Crippen molar-refractivity contribution in [1.82, 2.24) is 29.2 Å². The standard InChI is InChI=1S/C19H22N6OS/c1-7-27(26)18-16(19-21-15-8-10(2)20-9-24(15)23-19)22-25-14(6)12(4)11(3)13(5)17(18)25/h8-9H,7H2,1-6H3. The molecule has 0 aliphatic rings. The highest BCUT2D eigenvalue weighted by molar-refractivity contribution is 7.85. The molecule has 27 heavy (non-hydrogen) atoms. The molecule has 0 amide bonds. The van der Waals surface area contributed by atoms with E-state index in [4.69, 9.17) is 5.10 Å². The van der Waals surface area contributed by atoms with E-state index in [-0.39, 0.29) is 0 Å². The lowest BCUT2D eigenvalue weighted by Gasteiger charge is -2.12. The van der Waals surface area contributed by atoms with Gasteiger partial charge >= 0.3 is 0 Å². The van der Waals surface area contributed by atoms with Gasteiger partial charge in [-0.3, -0.25) is 4.21 Å². The van der Waals surface area contributed by atoms with Crippen molar-refractivity contribution in [2.45, 2.75) is 46.4 Å². The average Bonchev–Trinajstić information content (AvgIpc) is 3.25. The fourth-order valence-corrected chi connectivity index (χ4v) is 4.45. The van der Waals surface area contributed by atoms with Crippen molar-refractivity contribution in [3.63, 3.8) is 0 Å². The third-order valence-electron chi connectivity index (χ3n) is 5.25. The number of fused-ring (bicyclic) bond motifs is 2. The van der Waals surface area contributed by atoms with Gasteiger partial charge < -0.3 is 0 Å². The molecular weight excluding hydrogens is 360 g/mol. The summed E-state index contributed by atoms with van der Waals surface area (Å²) in [6.45, 7) is 12.1. The lowest BCUT2D eigenvalue weighted by Crippen LogP contribution is -2.03. The Morgan fingerprint density at radius 3 is 2.48 bits per heavy atom. The normalized spacial score (nSPS) is 13.0. The summed E-state index contributed by atoms with van der Waals surface area (Å²) >= 11 is 0. The maximum atomic E-state index is 13.0. The minimum Gasteiger partial charge on any atom is -0.254 e. The van der Waals surface area contributed by atoms with Crippen LogP contribution in [0.2, 0.25) is 0 Å². The van der Waals surface area contributed by atoms with Crippen molar-refractivity contribution >= 4 is 22.0 Å². The summed E-state index contributed by atoms with van der Waals surface area (Å²) in [6, 6.07) is 1.87. The number of aromatic nitrogens is 6. The summed E-state index contributed by atoms with van der Waals surface area (Å²) in [4.78, 5) is 9.59. The van der Waals surface area contributed by atoms with E-state index in [0.29, 0.717) is 27.8 Å². The molecule has 4 heterocycles. The van der Waals surface area contributed by atoms with Crippen LogP contribution in [0.25, 0.3) is 22.7 Å². The molecule has 0 fully saturated rings. The molecular formula is C19H22N6OS. The molecule has 0 saturated heterocycles. The number of pyridine rings is 1. The molecule has 0 aliphatic carbocycles. The van der Waals surface area contributed by atoms with E-state index in [2.05, 4.69) is 35.8 Å². The van der Waals surface area contributed by atoms with E-state index < -0.39 is 10.8 Å². The maximum absolute atomic E-state index is 13.0. The highest BCUT2D eigenvalue weighted by atomic mass is 32.2. The number of aryl methyl sites for hydroxylation is 3. The Hall–Kier alpha value is -2.61. The van der Waals surface area contributed by atoms with Crippen LogP contribution in [0.3, 0.4) is 0 Å². The van der Waals surface area contributed by atoms with Crippen molar-refractivity contribution < 1.29 is 4.21 Å². The molecule has 0 bridgehead atoms. The SMILES string of the molecule is CCS(=O)c1c(-c2nc3cc(C)ncn3n2)nn2c(C)c(C)c(C)c(C)c12. The zero-order valence-electron chi connectivity index (χ0n) is 16.4. The first kappa shape index (κ1) is 17.8. The van der Waals surface area contributed by atoms with Gasteiger partial charge in [0.25, 0.3) is 0 Å². The molecule has 4 aromatic rings. The summed E-state index contributed by atoms with van der Waals surface area (Å²) in [5.41, 5.74) is 7.56. The fourth-order valence-electron chi connectivity index (χ4n) is 3.36. The lowest BCUT2D eigenvalue weighted by atomic mass is 10.0. The Morgan fingerprint density at radius 1 is 1.04 bits per heavy atom. The predicted octanol–water partition coefficient (Wildman–Crippen LogP) is 3.11. The summed E-state index contributed by atoms with van der Waals surface area (Å²) in [6.07, 6.45) is 1.64. The van der Waals surface area contributed by atoms with Gasteiger partial charge in [-0.25, -0.2) is 19.0 Å². The van der Waals surface area contributed by atoms with Crippen molar-refractivity contribution in [3.8, 4) is 11.5 Å². The van der Waals surface area contributed by atoms with Gasteiger partial charge in [-0.1, -0.05) is 6.92 Å². The predicted molar refractivity (Wildman–Crippen MR) is 106 cm³/mol. The molecule has 0 aromatic carbocycles. The highest BCUT2D eigenvalue weighted by Crippen LogP contribution is 2.33. The molecule has 4 aromatic heterocycles. The summed E-state index contributed by atoms with van der Waals surface area (Å²) in [5, 5.41) is 9.33. The molecule has 1 atom stereocenters. The highest BCUT2D eigenvalue weighted by Gasteiger charge is 2.25. The molecule has 8 heteroatoms. The first-order chi connectivity index (χ1) is 12.8. The topological polar surface area (TPSA) is 77.5 Å². The minimum atomic E-state index is -1.19. The largest absolute Gasteiger partial charge is 0.254 e. The van der Waals surface area contributed by atoms with Crippen LogP contribution in [-0.2, 0) is 10.8 Å². The molecule has 4 rings (SSSR count). The van der Waals surface area contributed by atoms with Crippen molar-refractivity contribution in [3.05, 3.63) is 40.5 Å². The second-order valence-corrected chi connectivity index (χ2v) is 8.48. The third-order valence-corrected chi connectivity index (χ3v) is 6.62. The molecule has 140 valence electrons. The maximum Gasteiger partial charge on any atom is 0.204 e. The van der Waals surface area contributed by atoms with Crippen LogP contribution in [0, 0.1) is 34.6 Å². The second-order valence-electron chi connectivity index (χ2n) is 6.80. The molecule has 0 radical (unpaired) electrons. The van der Waals surface area contributed by atoms with Crippen LogP contribution in [0.4, 0.5) is 0 Å². The first-order valence-corrected chi connectivity index (χ1v) is 10.2. The van der Waals surface area contributed by atoms with Gasteiger partial charge in [0.05, 0.1) is 21.2 Å². The van der Waals surface area contributed by atoms with Crippen LogP contribution in [0.5, 0.6) is 0 Å². The molecule has 0 spiro atoms. The Morgan fingerprint density at radius 2 is 1.78 bits per heavy atom. The smallest absolute Gasteiger partial charge is 0.204 e. The van der Waals surface area contributed by atoms with Crippen LogP contribution in [-0.4, -0.2) is 39.2 Å². The summed E-state index contributed by atoms with van der Waals surface area (Å²) in [7, 11) is -1.19. The average molecular weight is 382 g/mol. The van der Waals surface area contributed by atoms with Gasteiger partial charge in [0.2, 0.25) is 5.82 Å². The first-order valence-electron chi connectivity index (χ1n) is 8.90. The zero-order chi connectivity index (χ0) is 19.5. The Bertz CT molecular complexity index is 1240. The Labute approximate surface area is 159 Å². The quantitative estimate of drug-likeness (QED) is 0.544. The van der Waals surface area contributed by atoms with E-state index in [1.165, 1.54) is 11.1 Å². The van der Waals surface area contributed by atoms with Crippen LogP contribution in [0.1, 0.15) is 35.0 Å². The van der Waals surface area contributed by atoms with Gasteiger partial charge in [-0.2, -0.15) is 5.10 Å². The summed E-state index contributed by atoms with van der Waals surface area (Å²) in [5.74, 6) is 0.977. The Balaban J connectivity index is 2.11. The lowest BCUT2D eigenvalue weighted by molar-refractivity contribution is 0.684. The van der Waals surface area contributed by atoms with Crippen LogP contribution >= 0.6 is 0 Å². The monoisotopic (exact) mass is 382 g/mol. The zero-order valence-corrected chi connectivity index (χ0v) is 17.2. The van der Waals surface area contributed by atoms with Gasteiger partial charge in [0.1, 0.15) is 12.0 Å². The van der Waals surface area contributed by atoms with Crippen molar-refractivity contribution in [2.75, 3.05) is 5.75 Å². The van der Waals surface area contributed by atoms with Crippen LogP contribution < -0.4 is 0 Å². The number of rotatable bonds is 3. The second kappa shape index (κ2) is 6.23. The molecule has 0 aliphatic heterocycles. The summed E-state index contributed by atoms with van der Waals surface area (Å²) < 4.78 is 16.5. The molecule has 1 unspecified atom stereocenters. The van der Waals surface area contributed by atoms with E-state index in [0.717, 1.165) is 22.5 Å². The number of nitrogens with zero attached hydrogens (tertiary/aromatic N) is 6. The van der Waals surface area contributed by atoms with Gasteiger partial charge in [-0.15, -0.1) is 5.10 Å². The van der Waals surface area contributed by atoms with E-state index in [1.54, 1.807) is 10.8 Å². The van der Waals surface area contributed by atoms with Crippen molar-refractivity contribution in [1.29, 1.82) is 0 Å². The number of hydrogen-bond donors (Lipinski definition) is 0. The molecule has 0 saturated carbocycles. The van der Waals surface area contributed by atoms with E-state index in [1.807, 2.05) is 31.4 Å². The third kappa shape index (κ3) is 2.58. The van der Waals surface area contributed by atoms with Gasteiger partial charge in [0, 0.05) is 23.2 Å². The minimum absolute atomic E-state index is 0.469. The van der Waals surface area contributed by atoms with Gasteiger partial charge in [-0.05, 0) is 51.3 Å². The van der Waals surface area contributed by atoms with Gasteiger partial charge in [0.15, 0.2) is 5.65 Å².